The molecule has 0 radical (unpaired) electrons. The summed E-state index contributed by atoms with van der Waals surface area (Å²) in [6.07, 6.45) is 2.03. The van der Waals surface area contributed by atoms with Gasteiger partial charge in [-0.05, 0) is 31.0 Å². The molecule has 0 atom stereocenters. The number of fused-ring (bicyclic) bond motifs is 1. The van der Waals surface area contributed by atoms with E-state index in [-0.39, 0.29) is 23.1 Å². The highest BCUT2D eigenvalue weighted by Crippen LogP contribution is 2.50. The number of urea groups is 1. The molecular formula is C23H23F3N6O3. The van der Waals surface area contributed by atoms with Crippen molar-refractivity contribution in [2.45, 2.75) is 25.1 Å². The van der Waals surface area contributed by atoms with Crippen LogP contribution in [-0.4, -0.2) is 69.6 Å². The molecule has 1 aliphatic heterocycles. The van der Waals surface area contributed by atoms with Gasteiger partial charge in [-0.1, -0.05) is 0 Å². The summed E-state index contributed by atoms with van der Waals surface area (Å²) >= 11 is 0. The molecule has 1 spiro atoms. The number of methoxy groups -OCH3 is 1. The van der Waals surface area contributed by atoms with Crippen molar-refractivity contribution < 1.29 is 27.5 Å². The van der Waals surface area contributed by atoms with Crippen LogP contribution in [0.4, 0.5) is 23.7 Å². The van der Waals surface area contributed by atoms with Gasteiger partial charge in [0.15, 0.2) is 0 Å². The van der Waals surface area contributed by atoms with Crippen molar-refractivity contribution in [2.75, 3.05) is 32.6 Å². The highest BCUT2D eigenvalue weighted by Gasteiger charge is 2.55. The standard InChI is InChI=1S/C23H23F3N6O3/c1-30(21(34)29-15-5-14(8-27-9-15)23(24,25)26)16-6-22(7-16)12-31(13-22)20(33)18-10-28-32-11-17(35-2)3-4-19(18)32/h3-5,8-11,16H,6-7,12-13H2,1-2H3,(H,29,34). The molecule has 2 fully saturated rings. The summed E-state index contributed by atoms with van der Waals surface area (Å²) in [7, 11) is 3.18. The Hall–Kier alpha value is -3.83. The van der Waals surface area contributed by atoms with Gasteiger partial charge in [0.25, 0.3) is 5.91 Å². The average Bonchev–Trinajstić information content (AvgIpc) is 3.19. The quantitative estimate of drug-likeness (QED) is 0.607. The van der Waals surface area contributed by atoms with Gasteiger partial charge in [0.05, 0.1) is 48.0 Å². The third kappa shape index (κ3) is 4.13. The number of pyridine rings is 2. The molecule has 0 aromatic carbocycles. The number of alkyl halides is 3. The Labute approximate surface area is 198 Å². The summed E-state index contributed by atoms with van der Waals surface area (Å²) in [5, 5.41) is 6.72. The SMILES string of the molecule is COc1ccc2c(C(=O)N3CC4(CC(N(C)C(=O)Nc5cncc(C(F)(F)F)c5)C4)C3)cnn2c1. The van der Waals surface area contributed by atoms with E-state index in [1.165, 1.54) is 11.1 Å². The number of aromatic nitrogens is 3. The largest absolute Gasteiger partial charge is 0.495 e. The van der Waals surface area contributed by atoms with Crippen molar-refractivity contribution in [3.05, 3.63) is 54.1 Å². The Balaban J connectivity index is 1.15. The number of nitrogens with zero attached hydrogens (tertiary/aromatic N) is 5. The summed E-state index contributed by atoms with van der Waals surface area (Å²) in [6, 6.07) is 3.86. The highest BCUT2D eigenvalue weighted by molar-refractivity contribution is 6.01. The van der Waals surface area contributed by atoms with Crippen LogP contribution in [0.2, 0.25) is 0 Å². The van der Waals surface area contributed by atoms with Crippen LogP contribution >= 0.6 is 0 Å². The normalized spacial score (nSPS) is 17.1. The average molecular weight is 488 g/mol. The van der Waals surface area contributed by atoms with Crippen LogP contribution in [0.15, 0.2) is 43.0 Å². The second-order valence-corrected chi connectivity index (χ2v) is 9.18. The van der Waals surface area contributed by atoms with Crippen LogP contribution in [0.1, 0.15) is 28.8 Å². The number of carbonyl (C=O) groups is 2. The van der Waals surface area contributed by atoms with Gasteiger partial charge in [0.1, 0.15) is 5.75 Å². The summed E-state index contributed by atoms with van der Waals surface area (Å²) in [5.41, 5.74) is 0.231. The number of halogens is 3. The van der Waals surface area contributed by atoms with E-state index >= 15 is 0 Å². The Morgan fingerprint density at radius 3 is 2.63 bits per heavy atom. The monoisotopic (exact) mass is 488 g/mol. The zero-order chi connectivity index (χ0) is 25.0. The van der Waals surface area contributed by atoms with Gasteiger partial charge < -0.3 is 19.9 Å². The van der Waals surface area contributed by atoms with E-state index in [0.717, 1.165) is 6.07 Å². The van der Waals surface area contributed by atoms with Gasteiger partial charge in [0, 0.05) is 37.8 Å². The predicted octanol–water partition coefficient (Wildman–Crippen LogP) is 3.53. The molecule has 3 amide bonds. The zero-order valence-corrected chi connectivity index (χ0v) is 19.0. The first-order valence-corrected chi connectivity index (χ1v) is 11.0. The Morgan fingerprint density at radius 1 is 1.20 bits per heavy atom. The van der Waals surface area contributed by atoms with E-state index in [2.05, 4.69) is 15.4 Å². The molecule has 2 aliphatic rings. The minimum Gasteiger partial charge on any atom is -0.495 e. The summed E-state index contributed by atoms with van der Waals surface area (Å²) < 4.78 is 45.4. The van der Waals surface area contributed by atoms with Crippen LogP contribution in [0, 0.1) is 5.41 Å². The van der Waals surface area contributed by atoms with E-state index in [4.69, 9.17) is 4.74 Å². The third-order valence-electron chi connectivity index (χ3n) is 6.82. The summed E-state index contributed by atoms with van der Waals surface area (Å²) in [5.74, 6) is 0.544. The van der Waals surface area contributed by atoms with E-state index in [9.17, 15) is 22.8 Å². The number of hydrogen-bond acceptors (Lipinski definition) is 5. The first-order valence-electron chi connectivity index (χ1n) is 11.0. The molecule has 184 valence electrons. The summed E-state index contributed by atoms with van der Waals surface area (Å²) in [4.78, 5) is 32.4. The molecule has 0 unspecified atom stereocenters. The van der Waals surface area contributed by atoms with Crippen LogP contribution in [0.5, 0.6) is 5.75 Å². The number of nitrogens with one attached hydrogen (secondary N) is 1. The van der Waals surface area contributed by atoms with Crippen LogP contribution in [0.25, 0.3) is 5.52 Å². The number of carbonyl (C=O) groups excluding carboxylic acids is 2. The first-order chi connectivity index (χ1) is 16.6. The second-order valence-electron chi connectivity index (χ2n) is 9.18. The maximum Gasteiger partial charge on any atom is 0.417 e. The fourth-order valence-corrected chi connectivity index (χ4v) is 4.84. The molecule has 12 heteroatoms. The fourth-order valence-electron chi connectivity index (χ4n) is 4.84. The molecule has 35 heavy (non-hydrogen) atoms. The van der Waals surface area contributed by atoms with E-state index in [1.807, 2.05) is 0 Å². The number of anilines is 1. The fraction of sp³-hybridized carbons (Fsp3) is 0.391. The van der Waals surface area contributed by atoms with E-state index in [1.54, 1.807) is 48.1 Å². The highest BCUT2D eigenvalue weighted by atomic mass is 19.4. The van der Waals surface area contributed by atoms with E-state index < -0.39 is 17.8 Å². The lowest BCUT2D eigenvalue weighted by Gasteiger charge is -2.60. The molecule has 3 aromatic rings. The number of amides is 3. The third-order valence-corrected chi connectivity index (χ3v) is 6.82. The van der Waals surface area contributed by atoms with Gasteiger partial charge >= 0.3 is 12.2 Å². The van der Waals surface area contributed by atoms with Crippen molar-refractivity contribution in [2.24, 2.45) is 5.41 Å². The zero-order valence-electron chi connectivity index (χ0n) is 19.0. The minimum atomic E-state index is -4.54. The predicted molar refractivity (Wildman–Crippen MR) is 119 cm³/mol. The number of rotatable bonds is 4. The Morgan fingerprint density at radius 2 is 1.94 bits per heavy atom. The molecule has 1 saturated carbocycles. The maximum atomic E-state index is 13.0. The van der Waals surface area contributed by atoms with Gasteiger partial charge in [-0.2, -0.15) is 18.3 Å². The molecule has 1 N–H and O–H groups in total. The lowest BCUT2D eigenvalue weighted by Crippen LogP contribution is -2.67. The van der Waals surface area contributed by atoms with Crippen molar-refractivity contribution in [3.8, 4) is 5.75 Å². The van der Waals surface area contributed by atoms with Gasteiger partial charge in [-0.3, -0.25) is 9.78 Å². The number of likely N-dealkylation sites (tertiary alicyclic amines) is 1. The second kappa shape index (κ2) is 8.14. The van der Waals surface area contributed by atoms with Crippen molar-refractivity contribution in [1.29, 1.82) is 0 Å². The Bertz CT molecular complexity index is 1290. The minimum absolute atomic E-state index is 0.0165. The van der Waals surface area contributed by atoms with Crippen molar-refractivity contribution >= 4 is 23.1 Å². The van der Waals surface area contributed by atoms with Crippen molar-refractivity contribution in [3.63, 3.8) is 0 Å². The molecular weight excluding hydrogens is 465 g/mol. The smallest absolute Gasteiger partial charge is 0.417 e. The first kappa shape index (κ1) is 22.9. The molecule has 9 nitrogen and oxygen atoms in total. The van der Waals surface area contributed by atoms with Gasteiger partial charge in [0.2, 0.25) is 0 Å². The lowest BCUT2D eigenvalue weighted by atomic mass is 9.60. The molecule has 3 aromatic heterocycles. The van der Waals surface area contributed by atoms with Crippen LogP contribution < -0.4 is 10.1 Å². The molecule has 5 rings (SSSR count). The van der Waals surface area contributed by atoms with Crippen LogP contribution in [0.3, 0.4) is 0 Å². The molecule has 1 saturated heterocycles. The molecule has 0 bridgehead atoms. The maximum absolute atomic E-state index is 13.0. The van der Waals surface area contributed by atoms with Crippen LogP contribution in [-0.2, 0) is 6.18 Å². The molecule has 4 heterocycles. The molecule has 1 aliphatic carbocycles. The van der Waals surface area contributed by atoms with E-state index in [0.29, 0.717) is 49.0 Å². The lowest BCUT2D eigenvalue weighted by molar-refractivity contribution is -0.137. The van der Waals surface area contributed by atoms with Crippen molar-refractivity contribution in [1.82, 2.24) is 24.4 Å². The van der Waals surface area contributed by atoms with Gasteiger partial charge in [-0.25, -0.2) is 9.31 Å². The topological polar surface area (TPSA) is 92.1 Å². The number of hydrogen-bond donors (Lipinski definition) is 1. The summed E-state index contributed by atoms with van der Waals surface area (Å²) in [6.45, 7) is 1.17. The number of ether oxygens (including phenoxy) is 1. The Kier molecular flexibility index (Phi) is 5.33. The van der Waals surface area contributed by atoms with Gasteiger partial charge in [-0.15, -0.1) is 0 Å².